The molecule has 2 aliphatic rings. The van der Waals surface area contributed by atoms with Crippen LogP contribution in [0.25, 0.3) is 0 Å². The summed E-state index contributed by atoms with van der Waals surface area (Å²) < 4.78 is 0. The SMILES string of the molecule is CC(C)c1ccc(NC(=O)c2cc3c(s2)CN(C2CC2)C3)cc1. The quantitative estimate of drug-likeness (QED) is 0.890. The minimum Gasteiger partial charge on any atom is -0.321 e. The lowest BCUT2D eigenvalue weighted by Gasteiger charge is -2.12. The lowest BCUT2D eigenvalue weighted by molar-refractivity contribution is 0.103. The van der Waals surface area contributed by atoms with Crippen molar-refractivity contribution in [3.63, 3.8) is 0 Å². The maximum Gasteiger partial charge on any atom is 0.265 e. The highest BCUT2D eigenvalue weighted by Gasteiger charge is 2.34. The lowest BCUT2D eigenvalue weighted by Crippen LogP contribution is -2.18. The summed E-state index contributed by atoms with van der Waals surface area (Å²) in [4.78, 5) is 17.2. The molecule has 4 heteroatoms. The number of fused-ring (bicyclic) bond motifs is 1. The van der Waals surface area contributed by atoms with Crippen molar-refractivity contribution in [2.24, 2.45) is 0 Å². The molecule has 0 spiro atoms. The molecule has 0 saturated heterocycles. The number of thiophene rings is 1. The van der Waals surface area contributed by atoms with Crippen LogP contribution in [0.3, 0.4) is 0 Å². The minimum absolute atomic E-state index is 0.0136. The second kappa shape index (κ2) is 5.77. The van der Waals surface area contributed by atoms with Crippen LogP contribution in [0, 0.1) is 0 Å². The van der Waals surface area contributed by atoms with Crippen molar-refractivity contribution in [3.05, 3.63) is 51.2 Å². The summed E-state index contributed by atoms with van der Waals surface area (Å²) in [5.74, 6) is 0.522. The van der Waals surface area contributed by atoms with Gasteiger partial charge in [-0.3, -0.25) is 9.69 Å². The molecular weight excluding hydrogens is 304 g/mol. The molecule has 4 rings (SSSR count). The number of carbonyl (C=O) groups is 1. The number of hydrogen-bond donors (Lipinski definition) is 1. The number of hydrogen-bond acceptors (Lipinski definition) is 3. The van der Waals surface area contributed by atoms with Gasteiger partial charge in [-0.1, -0.05) is 26.0 Å². The van der Waals surface area contributed by atoms with E-state index in [0.717, 1.165) is 29.7 Å². The molecule has 1 aliphatic heterocycles. The van der Waals surface area contributed by atoms with Crippen LogP contribution >= 0.6 is 11.3 Å². The van der Waals surface area contributed by atoms with Gasteiger partial charge in [-0.25, -0.2) is 0 Å². The first-order chi connectivity index (χ1) is 11.1. The van der Waals surface area contributed by atoms with Gasteiger partial charge in [0.1, 0.15) is 0 Å². The van der Waals surface area contributed by atoms with Crippen LogP contribution in [0.5, 0.6) is 0 Å². The van der Waals surface area contributed by atoms with Crippen molar-refractivity contribution in [2.45, 2.75) is 51.7 Å². The van der Waals surface area contributed by atoms with Crippen LogP contribution in [-0.2, 0) is 13.1 Å². The average Bonchev–Trinajstić information content (AvgIpc) is 3.18. The number of amides is 1. The largest absolute Gasteiger partial charge is 0.321 e. The Hall–Kier alpha value is -1.65. The third-order valence-corrected chi connectivity index (χ3v) is 5.90. The standard InChI is InChI=1S/C19H22N2OS/c1-12(2)13-3-5-15(6-4-13)20-19(22)17-9-14-10-21(16-7-8-16)11-18(14)23-17/h3-6,9,12,16H,7-8,10-11H2,1-2H3,(H,20,22). The molecule has 0 radical (unpaired) electrons. The summed E-state index contributed by atoms with van der Waals surface area (Å²) in [6.45, 7) is 6.39. The molecule has 1 saturated carbocycles. The molecule has 1 aromatic carbocycles. The molecular formula is C19H22N2OS. The minimum atomic E-state index is 0.0136. The fourth-order valence-corrected chi connectivity index (χ4v) is 4.24. The van der Waals surface area contributed by atoms with Gasteiger partial charge in [0.2, 0.25) is 0 Å². The Labute approximate surface area is 141 Å². The first-order valence-electron chi connectivity index (χ1n) is 8.37. The monoisotopic (exact) mass is 326 g/mol. The zero-order chi connectivity index (χ0) is 16.0. The van der Waals surface area contributed by atoms with Gasteiger partial charge in [0.25, 0.3) is 5.91 Å². The Bertz CT molecular complexity index is 705. The van der Waals surface area contributed by atoms with Gasteiger partial charge in [-0.05, 0) is 48.1 Å². The van der Waals surface area contributed by atoms with Gasteiger partial charge >= 0.3 is 0 Å². The highest BCUT2D eigenvalue weighted by atomic mass is 32.1. The van der Waals surface area contributed by atoms with Gasteiger partial charge in [-0.15, -0.1) is 11.3 Å². The Morgan fingerprint density at radius 2 is 1.96 bits per heavy atom. The average molecular weight is 326 g/mol. The van der Waals surface area contributed by atoms with Crippen molar-refractivity contribution >= 4 is 22.9 Å². The zero-order valence-corrected chi connectivity index (χ0v) is 14.5. The second-order valence-electron chi connectivity index (χ2n) is 6.93. The number of rotatable bonds is 4. The Kier molecular flexibility index (Phi) is 3.74. The third-order valence-electron chi connectivity index (χ3n) is 4.74. The number of carbonyl (C=O) groups excluding carboxylic acids is 1. The summed E-state index contributed by atoms with van der Waals surface area (Å²) in [6, 6.07) is 11.0. The highest BCUT2D eigenvalue weighted by molar-refractivity contribution is 7.14. The van der Waals surface area contributed by atoms with E-state index in [-0.39, 0.29) is 5.91 Å². The van der Waals surface area contributed by atoms with Crippen molar-refractivity contribution < 1.29 is 4.79 Å². The molecule has 23 heavy (non-hydrogen) atoms. The summed E-state index contributed by atoms with van der Waals surface area (Å²) in [7, 11) is 0. The van der Waals surface area contributed by atoms with Gasteiger partial charge < -0.3 is 5.32 Å². The fraction of sp³-hybridized carbons (Fsp3) is 0.421. The van der Waals surface area contributed by atoms with Crippen molar-refractivity contribution in [3.8, 4) is 0 Å². The molecule has 120 valence electrons. The third kappa shape index (κ3) is 3.06. The fourth-order valence-electron chi connectivity index (χ4n) is 3.15. The summed E-state index contributed by atoms with van der Waals surface area (Å²) in [6.07, 6.45) is 2.68. The number of nitrogens with one attached hydrogen (secondary N) is 1. The topological polar surface area (TPSA) is 32.3 Å². The summed E-state index contributed by atoms with van der Waals surface area (Å²) >= 11 is 1.65. The molecule has 1 aromatic heterocycles. The van der Waals surface area contributed by atoms with E-state index in [0.29, 0.717) is 5.92 Å². The predicted molar refractivity (Wildman–Crippen MR) is 95.1 cm³/mol. The van der Waals surface area contributed by atoms with Crippen LogP contribution in [0.15, 0.2) is 30.3 Å². The molecule has 2 heterocycles. The van der Waals surface area contributed by atoms with Crippen LogP contribution < -0.4 is 5.32 Å². The van der Waals surface area contributed by atoms with E-state index < -0.39 is 0 Å². The predicted octanol–water partition coefficient (Wildman–Crippen LogP) is 4.60. The highest BCUT2D eigenvalue weighted by Crippen LogP contribution is 2.38. The van der Waals surface area contributed by atoms with E-state index in [2.05, 4.69) is 42.3 Å². The zero-order valence-electron chi connectivity index (χ0n) is 13.6. The van der Waals surface area contributed by atoms with Gasteiger partial charge in [-0.2, -0.15) is 0 Å². The molecule has 1 aliphatic carbocycles. The smallest absolute Gasteiger partial charge is 0.265 e. The van der Waals surface area contributed by atoms with Crippen molar-refractivity contribution in [1.82, 2.24) is 4.90 Å². The molecule has 1 N–H and O–H groups in total. The Balaban J connectivity index is 1.43. The molecule has 1 fully saturated rings. The molecule has 0 bridgehead atoms. The van der Waals surface area contributed by atoms with Crippen molar-refractivity contribution in [2.75, 3.05) is 5.32 Å². The van der Waals surface area contributed by atoms with Crippen molar-refractivity contribution in [1.29, 1.82) is 0 Å². The first-order valence-corrected chi connectivity index (χ1v) is 9.19. The Morgan fingerprint density at radius 1 is 1.22 bits per heavy atom. The molecule has 0 unspecified atom stereocenters. The van der Waals surface area contributed by atoms with E-state index in [9.17, 15) is 4.79 Å². The van der Waals surface area contributed by atoms with E-state index in [1.165, 1.54) is 28.8 Å². The summed E-state index contributed by atoms with van der Waals surface area (Å²) in [5, 5.41) is 3.02. The molecule has 2 aromatic rings. The molecule has 0 atom stereocenters. The maximum atomic E-state index is 12.5. The van der Waals surface area contributed by atoms with Crippen LogP contribution in [0.4, 0.5) is 5.69 Å². The lowest BCUT2D eigenvalue weighted by atomic mass is 10.0. The maximum absolute atomic E-state index is 12.5. The van der Waals surface area contributed by atoms with Gasteiger partial charge in [0.05, 0.1) is 4.88 Å². The first kappa shape index (κ1) is 14.9. The Morgan fingerprint density at radius 3 is 2.57 bits per heavy atom. The van der Waals surface area contributed by atoms with E-state index in [1.807, 2.05) is 12.1 Å². The number of nitrogens with zero attached hydrogens (tertiary/aromatic N) is 1. The van der Waals surface area contributed by atoms with E-state index >= 15 is 0 Å². The van der Waals surface area contributed by atoms with Crippen LogP contribution in [0.2, 0.25) is 0 Å². The van der Waals surface area contributed by atoms with E-state index in [4.69, 9.17) is 0 Å². The van der Waals surface area contributed by atoms with Gasteiger partial charge in [0, 0.05) is 29.7 Å². The van der Waals surface area contributed by atoms with Crippen LogP contribution in [0.1, 0.15) is 58.3 Å². The summed E-state index contributed by atoms with van der Waals surface area (Å²) in [5.41, 5.74) is 3.51. The second-order valence-corrected chi connectivity index (χ2v) is 8.06. The molecule has 3 nitrogen and oxygen atoms in total. The van der Waals surface area contributed by atoms with Gasteiger partial charge in [0.15, 0.2) is 0 Å². The molecule has 1 amide bonds. The van der Waals surface area contributed by atoms with Crippen LogP contribution in [-0.4, -0.2) is 16.8 Å². The number of benzene rings is 1. The number of anilines is 1. The van der Waals surface area contributed by atoms with E-state index in [1.54, 1.807) is 11.3 Å². The normalized spacial score (nSPS) is 17.5.